The Hall–Kier alpha value is -1.46. The standard InChI is InChI=1S/C13H15FN2OS/c1-2-15-5-6-16-13(17)12-8-9-7-10(14)3-4-11(9)18-12/h3-4,7-8,15H,2,5-6H2,1H3,(H,16,17). The maximum Gasteiger partial charge on any atom is 0.261 e. The van der Waals surface area contributed by atoms with Gasteiger partial charge in [0.1, 0.15) is 5.82 Å². The van der Waals surface area contributed by atoms with Crippen LogP contribution in [0.1, 0.15) is 16.6 Å². The average molecular weight is 266 g/mol. The van der Waals surface area contributed by atoms with Crippen LogP contribution in [-0.4, -0.2) is 25.5 Å². The Morgan fingerprint density at radius 2 is 2.17 bits per heavy atom. The molecule has 0 aliphatic rings. The summed E-state index contributed by atoms with van der Waals surface area (Å²) in [6, 6.07) is 6.28. The average Bonchev–Trinajstić information content (AvgIpc) is 2.77. The number of nitrogens with one attached hydrogen (secondary N) is 2. The van der Waals surface area contributed by atoms with E-state index in [2.05, 4.69) is 10.6 Å². The first kappa shape index (κ1) is 13.0. The van der Waals surface area contributed by atoms with E-state index in [-0.39, 0.29) is 11.7 Å². The van der Waals surface area contributed by atoms with Gasteiger partial charge in [-0.15, -0.1) is 11.3 Å². The number of hydrogen-bond acceptors (Lipinski definition) is 3. The molecule has 2 N–H and O–H groups in total. The van der Waals surface area contributed by atoms with Crippen molar-refractivity contribution < 1.29 is 9.18 Å². The maximum atomic E-state index is 13.0. The minimum atomic E-state index is -0.278. The Kier molecular flexibility index (Phi) is 4.28. The number of halogens is 1. The molecule has 18 heavy (non-hydrogen) atoms. The molecule has 1 amide bonds. The van der Waals surface area contributed by atoms with Crippen LogP contribution in [0.3, 0.4) is 0 Å². The lowest BCUT2D eigenvalue weighted by Crippen LogP contribution is -2.31. The summed E-state index contributed by atoms with van der Waals surface area (Å²) >= 11 is 1.38. The molecule has 0 unspecified atom stereocenters. The van der Waals surface area contributed by atoms with Crippen molar-refractivity contribution in [1.82, 2.24) is 10.6 Å². The van der Waals surface area contributed by atoms with E-state index < -0.39 is 0 Å². The molecule has 1 heterocycles. The van der Waals surface area contributed by atoms with Crippen molar-refractivity contribution in [3.63, 3.8) is 0 Å². The maximum absolute atomic E-state index is 13.0. The van der Waals surface area contributed by atoms with Gasteiger partial charge in [-0.3, -0.25) is 4.79 Å². The first-order valence-corrected chi connectivity index (χ1v) is 6.70. The molecule has 0 atom stereocenters. The van der Waals surface area contributed by atoms with Crippen LogP contribution in [0.5, 0.6) is 0 Å². The second kappa shape index (κ2) is 5.93. The summed E-state index contributed by atoms with van der Waals surface area (Å²) in [4.78, 5) is 12.5. The monoisotopic (exact) mass is 266 g/mol. The molecule has 1 aromatic carbocycles. The highest BCUT2D eigenvalue weighted by Gasteiger charge is 2.09. The zero-order chi connectivity index (χ0) is 13.0. The molecule has 96 valence electrons. The molecule has 3 nitrogen and oxygen atoms in total. The Labute approximate surface area is 109 Å². The first-order valence-electron chi connectivity index (χ1n) is 5.88. The van der Waals surface area contributed by atoms with Gasteiger partial charge in [-0.2, -0.15) is 0 Å². The van der Waals surface area contributed by atoms with Crippen molar-refractivity contribution in [2.24, 2.45) is 0 Å². The van der Waals surface area contributed by atoms with E-state index in [0.29, 0.717) is 11.4 Å². The third kappa shape index (κ3) is 3.05. The van der Waals surface area contributed by atoms with Crippen LogP contribution < -0.4 is 10.6 Å². The fourth-order valence-electron chi connectivity index (χ4n) is 1.65. The number of hydrogen-bond donors (Lipinski definition) is 2. The molecule has 0 saturated heterocycles. The van der Waals surface area contributed by atoms with Crippen molar-refractivity contribution in [2.45, 2.75) is 6.92 Å². The summed E-state index contributed by atoms with van der Waals surface area (Å²) < 4.78 is 14.0. The van der Waals surface area contributed by atoms with E-state index in [4.69, 9.17) is 0 Å². The molecule has 2 rings (SSSR count). The van der Waals surface area contributed by atoms with Crippen LogP contribution in [0.2, 0.25) is 0 Å². The molecule has 0 radical (unpaired) electrons. The van der Waals surface area contributed by atoms with E-state index in [1.54, 1.807) is 12.1 Å². The molecule has 0 aliphatic heterocycles. The third-order valence-electron chi connectivity index (χ3n) is 2.54. The van der Waals surface area contributed by atoms with Crippen LogP contribution in [0, 0.1) is 5.82 Å². The number of rotatable bonds is 5. The van der Waals surface area contributed by atoms with Gasteiger partial charge in [-0.1, -0.05) is 6.92 Å². The van der Waals surface area contributed by atoms with Crippen LogP contribution >= 0.6 is 11.3 Å². The SMILES string of the molecule is CCNCCNC(=O)c1cc2cc(F)ccc2s1. The Morgan fingerprint density at radius 3 is 2.94 bits per heavy atom. The van der Waals surface area contributed by atoms with E-state index in [9.17, 15) is 9.18 Å². The summed E-state index contributed by atoms with van der Waals surface area (Å²) in [7, 11) is 0. The van der Waals surface area contributed by atoms with Crippen LogP contribution in [0.4, 0.5) is 4.39 Å². The minimum absolute atomic E-state index is 0.102. The van der Waals surface area contributed by atoms with Crippen LogP contribution in [0.25, 0.3) is 10.1 Å². The normalized spacial score (nSPS) is 10.8. The molecular weight excluding hydrogens is 251 g/mol. The smallest absolute Gasteiger partial charge is 0.261 e. The fraction of sp³-hybridized carbons (Fsp3) is 0.308. The second-order valence-corrected chi connectivity index (χ2v) is 4.99. The van der Waals surface area contributed by atoms with E-state index in [1.165, 1.54) is 23.5 Å². The highest BCUT2D eigenvalue weighted by molar-refractivity contribution is 7.20. The van der Waals surface area contributed by atoms with Gasteiger partial charge in [-0.05, 0) is 36.2 Å². The first-order chi connectivity index (χ1) is 8.70. The number of carbonyl (C=O) groups excluding carboxylic acids is 1. The Bertz CT molecular complexity index is 553. The van der Waals surface area contributed by atoms with Crippen LogP contribution in [0.15, 0.2) is 24.3 Å². The number of amides is 1. The summed E-state index contributed by atoms with van der Waals surface area (Å²) in [5.74, 6) is -0.381. The highest BCUT2D eigenvalue weighted by Crippen LogP contribution is 2.26. The van der Waals surface area contributed by atoms with Gasteiger partial charge in [0.05, 0.1) is 4.88 Å². The van der Waals surface area contributed by atoms with Gasteiger partial charge < -0.3 is 10.6 Å². The fourth-order valence-corrected chi connectivity index (χ4v) is 2.61. The minimum Gasteiger partial charge on any atom is -0.350 e. The quantitative estimate of drug-likeness (QED) is 0.816. The van der Waals surface area contributed by atoms with Crippen molar-refractivity contribution in [1.29, 1.82) is 0 Å². The van der Waals surface area contributed by atoms with E-state index >= 15 is 0 Å². The number of fused-ring (bicyclic) bond motifs is 1. The van der Waals surface area contributed by atoms with Crippen LogP contribution in [-0.2, 0) is 0 Å². The van der Waals surface area contributed by atoms with Crippen molar-refractivity contribution >= 4 is 27.3 Å². The van der Waals surface area contributed by atoms with Gasteiger partial charge in [0.2, 0.25) is 0 Å². The number of thiophene rings is 1. The molecular formula is C13H15FN2OS. The molecule has 0 aliphatic carbocycles. The molecule has 0 fully saturated rings. The van der Waals surface area contributed by atoms with Crippen molar-refractivity contribution in [3.05, 3.63) is 35.0 Å². The lowest BCUT2D eigenvalue weighted by molar-refractivity contribution is 0.0958. The lowest BCUT2D eigenvalue weighted by atomic mass is 10.2. The van der Waals surface area contributed by atoms with Crippen molar-refractivity contribution in [3.8, 4) is 0 Å². The zero-order valence-corrected chi connectivity index (χ0v) is 10.9. The number of carbonyl (C=O) groups is 1. The summed E-state index contributed by atoms with van der Waals surface area (Å²) in [5.41, 5.74) is 0. The molecule has 0 spiro atoms. The molecule has 2 aromatic rings. The van der Waals surface area contributed by atoms with Gasteiger partial charge >= 0.3 is 0 Å². The predicted molar refractivity (Wildman–Crippen MR) is 72.7 cm³/mol. The van der Waals surface area contributed by atoms with Gasteiger partial charge in [0.25, 0.3) is 5.91 Å². The van der Waals surface area contributed by atoms with Gasteiger partial charge in [-0.25, -0.2) is 4.39 Å². The summed E-state index contributed by atoms with van der Waals surface area (Å²) in [6.45, 7) is 4.25. The second-order valence-electron chi connectivity index (χ2n) is 3.90. The Morgan fingerprint density at radius 1 is 1.33 bits per heavy atom. The third-order valence-corrected chi connectivity index (χ3v) is 3.65. The number of likely N-dealkylation sites (N-methyl/N-ethyl adjacent to an activating group) is 1. The summed E-state index contributed by atoms with van der Waals surface area (Å²) in [6.07, 6.45) is 0. The largest absolute Gasteiger partial charge is 0.350 e. The lowest BCUT2D eigenvalue weighted by Gasteiger charge is -2.03. The van der Waals surface area contributed by atoms with E-state index in [0.717, 1.165) is 23.2 Å². The number of benzene rings is 1. The Balaban J connectivity index is 2.04. The van der Waals surface area contributed by atoms with Gasteiger partial charge in [0, 0.05) is 17.8 Å². The van der Waals surface area contributed by atoms with E-state index in [1.807, 2.05) is 6.92 Å². The summed E-state index contributed by atoms with van der Waals surface area (Å²) in [5, 5.41) is 6.73. The topological polar surface area (TPSA) is 41.1 Å². The molecule has 1 aromatic heterocycles. The van der Waals surface area contributed by atoms with Gasteiger partial charge in [0.15, 0.2) is 0 Å². The predicted octanol–water partition coefficient (Wildman–Crippen LogP) is 2.38. The highest BCUT2D eigenvalue weighted by atomic mass is 32.1. The molecule has 5 heteroatoms. The molecule has 0 saturated carbocycles. The zero-order valence-electron chi connectivity index (χ0n) is 10.1. The van der Waals surface area contributed by atoms with Crippen molar-refractivity contribution in [2.75, 3.05) is 19.6 Å². The molecule has 0 bridgehead atoms.